The Hall–Kier alpha value is -0.580. The summed E-state index contributed by atoms with van der Waals surface area (Å²) in [7, 11) is 0. The van der Waals surface area contributed by atoms with Crippen LogP contribution in [0.2, 0.25) is 0 Å². The molecule has 0 saturated heterocycles. The zero-order chi connectivity index (χ0) is 4.57. The average molecular weight is 85.1 g/mol. The van der Waals surface area contributed by atoms with Gasteiger partial charge in [0.1, 0.15) is 6.17 Å². The van der Waals surface area contributed by atoms with E-state index in [1.54, 1.807) is 0 Å². The van der Waals surface area contributed by atoms with Gasteiger partial charge in [-0.05, 0) is 6.42 Å². The van der Waals surface area contributed by atoms with E-state index in [1.165, 1.54) is 0 Å². The predicted octanol–water partition coefficient (Wildman–Crippen LogP) is 0.868. The van der Waals surface area contributed by atoms with Crippen molar-refractivity contribution in [1.29, 1.82) is 5.26 Å². The van der Waals surface area contributed by atoms with Crippen molar-refractivity contribution in [3.63, 3.8) is 0 Å². The molecule has 0 unspecified atom stereocenters. The van der Waals surface area contributed by atoms with Gasteiger partial charge in [-0.3, -0.25) is 0 Å². The van der Waals surface area contributed by atoms with Gasteiger partial charge in [-0.2, -0.15) is 5.26 Å². The minimum absolute atomic E-state index is 0.259. The van der Waals surface area contributed by atoms with Crippen LogP contribution in [0, 0.1) is 17.2 Å². The lowest BCUT2D eigenvalue weighted by molar-refractivity contribution is 0.465. The molecule has 6 heavy (non-hydrogen) atoms. The third kappa shape index (κ3) is 0.364. The van der Waals surface area contributed by atoms with Gasteiger partial charge in [0, 0.05) is 0 Å². The molecule has 0 amide bonds. The molecule has 0 aliphatic heterocycles. The van der Waals surface area contributed by atoms with Crippen molar-refractivity contribution in [1.82, 2.24) is 0 Å². The van der Waals surface area contributed by atoms with E-state index in [0.717, 1.165) is 0 Å². The summed E-state index contributed by atoms with van der Waals surface area (Å²) in [5, 5.41) is 7.89. The van der Waals surface area contributed by atoms with Gasteiger partial charge in [-0.15, -0.1) is 0 Å². The molecule has 1 aliphatic rings. The minimum atomic E-state index is -0.796. The zero-order valence-corrected chi connectivity index (χ0v) is 3.19. The normalized spacial score (nSPS) is 41.3. The van der Waals surface area contributed by atoms with Gasteiger partial charge in [0.05, 0.1) is 12.0 Å². The highest BCUT2D eigenvalue weighted by Gasteiger charge is 2.37. The fourth-order valence-electron chi connectivity index (χ4n) is 0.298. The lowest BCUT2D eigenvalue weighted by atomic mass is 10.5. The van der Waals surface area contributed by atoms with Gasteiger partial charge < -0.3 is 0 Å². The van der Waals surface area contributed by atoms with Crippen molar-refractivity contribution >= 4 is 0 Å². The van der Waals surface area contributed by atoms with Crippen LogP contribution in [-0.2, 0) is 0 Å². The second-order valence-electron chi connectivity index (χ2n) is 1.49. The molecular formula is C4H4FN. The molecular weight excluding hydrogens is 81.0 g/mol. The largest absolute Gasteiger partial charge is 0.246 e. The van der Waals surface area contributed by atoms with Crippen LogP contribution in [0.4, 0.5) is 4.39 Å². The number of nitriles is 1. The standard InChI is InChI=1S/C4H4FN/c5-4-1-3(4)2-6/h3-4H,1H2/t3-,4-/m0/s1. The number of nitrogens with zero attached hydrogens (tertiary/aromatic N) is 1. The molecule has 2 heteroatoms. The van der Waals surface area contributed by atoms with Gasteiger partial charge in [-0.25, -0.2) is 4.39 Å². The Morgan fingerprint density at radius 2 is 2.33 bits per heavy atom. The Morgan fingerprint density at radius 3 is 2.33 bits per heavy atom. The zero-order valence-electron chi connectivity index (χ0n) is 3.19. The second-order valence-corrected chi connectivity index (χ2v) is 1.49. The third-order valence-electron chi connectivity index (χ3n) is 0.878. The van der Waals surface area contributed by atoms with Crippen LogP contribution >= 0.6 is 0 Å². The number of halogens is 1. The highest BCUT2D eigenvalue weighted by Crippen LogP contribution is 2.32. The fraction of sp³-hybridized carbons (Fsp3) is 0.750. The Kier molecular flexibility index (Phi) is 0.564. The molecule has 0 heterocycles. The summed E-state index contributed by atoms with van der Waals surface area (Å²) >= 11 is 0. The monoisotopic (exact) mass is 85.0 g/mol. The molecule has 1 rings (SSSR count). The number of alkyl halides is 1. The summed E-state index contributed by atoms with van der Waals surface area (Å²) in [4.78, 5) is 0. The maximum absolute atomic E-state index is 11.6. The molecule has 0 aromatic heterocycles. The second kappa shape index (κ2) is 0.939. The van der Waals surface area contributed by atoms with Crippen LogP contribution in [0.15, 0.2) is 0 Å². The topological polar surface area (TPSA) is 23.8 Å². The van der Waals surface area contributed by atoms with Gasteiger partial charge in [0.15, 0.2) is 0 Å². The smallest absolute Gasteiger partial charge is 0.117 e. The van der Waals surface area contributed by atoms with E-state index in [4.69, 9.17) is 5.26 Å². The molecule has 0 N–H and O–H groups in total. The summed E-state index contributed by atoms with van der Waals surface area (Å²) in [5.41, 5.74) is 0. The predicted molar refractivity (Wildman–Crippen MR) is 18.6 cm³/mol. The van der Waals surface area contributed by atoms with Gasteiger partial charge in [0.2, 0.25) is 0 Å². The lowest BCUT2D eigenvalue weighted by Crippen LogP contribution is -1.68. The molecule has 0 bridgehead atoms. The first-order valence-corrected chi connectivity index (χ1v) is 1.88. The van der Waals surface area contributed by atoms with Crippen LogP contribution < -0.4 is 0 Å². The van der Waals surface area contributed by atoms with E-state index in [9.17, 15) is 4.39 Å². The number of hydrogen-bond donors (Lipinski definition) is 0. The molecule has 0 aromatic rings. The van der Waals surface area contributed by atoms with Crippen LogP contribution in [0.25, 0.3) is 0 Å². The number of hydrogen-bond acceptors (Lipinski definition) is 1. The van der Waals surface area contributed by atoms with E-state index in [0.29, 0.717) is 6.42 Å². The molecule has 32 valence electrons. The number of rotatable bonds is 0. The summed E-state index contributed by atoms with van der Waals surface area (Å²) in [6.45, 7) is 0. The molecule has 0 radical (unpaired) electrons. The maximum atomic E-state index is 11.6. The van der Waals surface area contributed by atoms with Gasteiger partial charge >= 0.3 is 0 Å². The first kappa shape index (κ1) is 3.60. The van der Waals surface area contributed by atoms with E-state index in [1.807, 2.05) is 6.07 Å². The average Bonchev–Trinajstić information content (AvgIpc) is 2.19. The van der Waals surface area contributed by atoms with Crippen LogP contribution in [0.1, 0.15) is 6.42 Å². The maximum Gasteiger partial charge on any atom is 0.117 e. The fourth-order valence-corrected chi connectivity index (χ4v) is 0.298. The van der Waals surface area contributed by atoms with E-state index in [-0.39, 0.29) is 5.92 Å². The summed E-state index contributed by atoms with van der Waals surface area (Å²) in [6.07, 6.45) is -0.328. The van der Waals surface area contributed by atoms with Gasteiger partial charge in [0.25, 0.3) is 0 Å². The van der Waals surface area contributed by atoms with Crippen LogP contribution in [-0.4, -0.2) is 6.17 Å². The van der Waals surface area contributed by atoms with Crippen molar-refractivity contribution in [3.05, 3.63) is 0 Å². The molecule has 1 aliphatic carbocycles. The van der Waals surface area contributed by atoms with E-state index < -0.39 is 6.17 Å². The molecule has 1 saturated carbocycles. The Balaban J connectivity index is 2.31. The molecule has 0 spiro atoms. The highest BCUT2D eigenvalue weighted by molar-refractivity contribution is 5.01. The first-order chi connectivity index (χ1) is 2.84. The van der Waals surface area contributed by atoms with Crippen molar-refractivity contribution in [2.45, 2.75) is 12.6 Å². The quantitative estimate of drug-likeness (QED) is 0.428. The molecule has 1 fully saturated rings. The lowest BCUT2D eigenvalue weighted by Gasteiger charge is -1.61. The minimum Gasteiger partial charge on any atom is -0.246 e. The first-order valence-electron chi connectivity index (χ1n) is 1.88. The third-order valence-corrected chi connectivity index (χ3v) is 0.878. The highest BCUT2D eigenvalue weighted by atomic mass is 19.1. The Bertz CT molecular complexity index is 94.2. The van der Waals surface area contributed by atoms with E-state index in [2.05, 4.69) is 0 Å². The van der Waals surface area contributed by atoms with Gasteiger partial charge in [-0.1, -0.05) is 0 Å². The Labute approximate surface area is 35.4 Å². The molecule has 1 nitrogen and oxygen atoms in total. The molecule has 2 atom stereocenters. The van der Waals surface area contributed by atoms with Crippen molar-refractivity contribution < 1.29 is 4.39 Å². The van der Waals surface area contributed by atoms with E-state index >= 15 is 0 Å². The SMILES string of the molecule is N#C[C@@H]1C[C@@H]1F. The summed E-state index contributed by atoms with van der Waals surface area (Å²) < 4.78 is 11.6. The molecule has 0 aromatic carbocycles. The summed E-state index contributed by atoms with van der Waals surface area (Å²) in [5.74, 6) is -0.259. The van der Waals surface area contributed by atoms with Crippen molar-refractivity contribution in [2.24, 2.45) is 5.92 Å². The van der Waals surface area contributed by atoms with Crippen molar-refractivity contribution in [3.8, 4) is 6.07 Å². The van der Waals surface area contributed by atoms with Crippen LogP contribution in [0.5, 0.6) is 0 Å². The van der Waals surface area contributed by atoms with Crippen LogP contribution in [0.3, 0.4) is 0 Å². The van der Waals surface area contributed by atoms with Crippen molar-refractivity contribution in [2.75, 3.05) is 0 Å². The Morgan fingerprint density at radius 1 is 1.83 bits per heavy atom. The summed E-state index contributed by atoms with van der Waals surface area (Å²) in [6, 6.07) is 1.81.